The van der Waals surface area contributed by atoms with Crippen LogP contribution < -0.4 is 4.72 Å². The molecule has 0 aliphatic rings. The van der Waals surface area contributed by atoms with Crippen molar-refractivity contribution in [2.45, 2.75) is 11.5 Å². The largest absolute Gasteiger partial charge is 0.380 e. The molecule has 0 saturated heterocycles. The molecule has 7 heteroatoms. The zero-order valence-electron chi connectivity index (χ0n) is 11.1. The first kappa shape index (κ1) is 16.1. The van der Waals surface area contributed by atoms with Crippen molar-refractivity contribution < 1.29 is 13.2 Å². The Morgan fingerprint density at radius 2 is 1.62 bits per heavy atom. The van der Waals surface area contributed by atoms with Gasteiger partial charge in [-0.15, -0.1) is 0 Å². The molecular weight excluding hydrogens is 333 g/mol. The fourth-order valence-corrected chi connectivity index (χ4v) is 3.32. The van der Waals surface area contributed by atoms with Crippen molar-refractivity contribution in [2.24, 2.45) is 0 Å². The van der Waals surface area contributed by atoms with Crippen molar-refractivity contribution in [3.8, 4) is 0 Å². The Hall–Kier alpha value is -1.27. The van der Waals surface area contributed by atoms with Crippen LogP contribution in [-0.2, 0) is 21.4 Å². The van der Waals surface area contributed by atoms with Gasteiger partial charge in [0.25, 0.3) is 10.0 Å². The van der Waals surface area contributed by atoms with Crippen molar-refractivity contribution in [3.05, 3.63) is 58.1 Å². The summed E-state index contributed by atoms with van der Waals surface area (Å²) in [7, 11) is -2.11. The van der Waals surface area contributed by atoms with Crippen LogP contribution in [0.3, 0.4) is 0 Å². The Morgan fingerprint density at radius 1 is 1.05 bits per heavy atom. The van der Waals surface area contributed by atoms with E-state index in [4.69, 9.17) is 27.9 Å². The number of hydrogen-bond donors (Lipinski definition) is 1. The van der Waals surface area contributed by atoms with E-state index in [0.29, 0.717) is 22.3 Å². The molecule has 4 nitrogen and oxygen atoms in total. The van der Waals surface area contributed by atoms with Gasteiger partial charge in [0.2, 0.25) is 0 Å². The van der Waals surface area contributed by atoms with Crippen molar-refractivity contribution in [1.82, 2.24) is 0 Å². The third-order valence-corrected chi connectivity index (χ3v) is 4.49. The Labute approximate surface area is 133 Å². The molecule has 1 N–H and O–H groups in total. The SMILES string of the molecule is COCc1ccc(S(=O)(=O)Nc2cc(Cl)cc(Cl)c2)cc1. The van der Waals surface area contributed by atoms with Crippen molar-refractivity contribution in [3.63, 3.8) is 0 Å². The number of anilines is 1. The minimum atomic E-state index is -3.69. The van der Waals surface area contributed by atoms with Gasteiger partial charge in [0.15, 0.2) is 0 Å². The van der Waals surface area contributed by atoms with Gasteiger partial charge in [-0.2, -0.15) is 0 Å². The first-order chi connectivity index (χ1) is 9.90. The summed E-state index contributed by atoms with van der Waals surface area (Å²) in [5, 5.41) is 0.714. The Morgan fingerprint density at radius 3 is 2.14 bits per heavy atom. The van der Waals surface area contributed by atoms with Crippen LogP contribution in [0.4, 0.5) is 5.69 Å². The van der Waals surface area contributed by atoms with Crippen molar-refractivity contribution >= 4 is 38.9 Å². The molecule has 0 aliphatic heterocycles. The zero-order chi connectivity index (χ0) is 15.5. The second-order valence-corrected chi connectivity index (χ2v) is 6.90. The first-order valence-electron chi connectivity index (χ1n) is 5.97. The standard InChI is InChI=1S/C14H13Cl2NO3S/c1-20-9-10-2-4-14(5-3-10)21(18,19)17-13-7-11(15)6-12(16)8-13/h2-8,17H,9H2,1H3. The first-order valence-corrected chi connectivity index (χ1v) is 8.21. The highest BCUT2D eigenvalue weighted by Gasteiger charge is 2.14. The topological polar surface area (TPSA) is 55.4 Å². The molecule has 0 fully saturated rings. The molecule has 0 aliphatic carbocycles. The molecule has 0 aromatic heterocycles. The van der Waals surface area contributed by atoms with Crippen LogP contribution in [0.15, 0.2) is 47.4 Å². The normalized spacial score (nSPS) is 11.4. The predicted octanol–water partition coefficient (Wildman–Crippen LogP) is 3.94. The van der Waals surface area contributed by atoms with E-state index in [1.165, 1.54) is 30.3 Å². The van der Waals surface area contributed by atoms with Gasteiger partial charge in [-0.25, -0.2) is 8.42 Å². The zero-order valence-corrected chi connectivity index (χ0v) is 13.5. The van der Waals surface area contributed by atoms with Crippen molar-refractivity contribution in [2.75, 3.05) is 11.8 Å². The molecule has 0 amide bonds. The molecule has 2 rings (SSSR count). The predicted molar refractivity (Wildman–Crippen MR) is 84.4 cm³/mol. The van der Waals surface area contributed by atoms with E-state index in [2.05, 4.69) is 4.72 Å². The number of sulfonamides is 1. The monoisotopic (exact) mass is 345 g/mol. The highest BCUT2D eigenvalue weighted by atomic mass is 35.5. The summed E-state index contributed by atoms with van der Waals surface area (Å²) < 4.78 is 32.0. The van der Waals surface area contributed by atoms with Crippen molar-refractivity contribution in [1.29, 1.82) is 0 Å². The maximum absolute atomic E-state index is 12.3. The van der Waals surface area contributed by atoms with Crippen LogP contribution in [0.2, 0.25) is 10.0 Å². The molecule has 21 heavy (non-hydrogen) atoms. The van der Waals surface area contributed by atoms with Gasteiger partial charge in [0.05, 0.1) is 17.2 Å². The smallest absolute Gasteiger partial charge is 0.261 e. The van der Waals surface area contributed by atoms with E-state index >= 15 is 0 Å². The maximum Gasteiger partial charge on any atom is 0.261 e. The highest BCUT2D eigenvalue weighted by molar-refractivity contribution is 7.92. The number of nitrogens with one attached hydrogen (secondary N) is 1. The second kappa shape index (κ2) is 6.66. The molecule has 0 radical (unpaired) electrons. The molecule has 0 atom stereocenters. The van der Waals surface area contributed by atoms with Crippen LogP contribution in [0.1, 0.15) is 5.56 Å². The van der Waals surface area contributed by atoms with Gasteiger partial charge in [-0.3, -0.25) is 4.72 Å². The Kier molecular flexibility index (Phi) is 5.11. The summed E-state index contributed by atoms with van der Waals surface area (Å²) in [5.41, 5.74) is 1.20. The summed E-state index contributed by atoms with van der Waals surface area (Å²) >= 11 is 11.7. The van der Waals surface area contributed by atoms with Crippen LogP contribution in [0.5, 0.6) is 0 Å². The maximum atomic E-state index is 12.3. The lowest BCUT2D eigenvalue weighted by Crippen LogP contribution is -2.13. The Bertz CT molecular complexity index is 710. The van der Waals surface area contributed by atoms with Gasteiger partial charge in [-0.1, -0.05) is 35.3 Å². The summed E-state index contributed by atoms with van der Waals surface area (Å²) in [4.78, 5) is 0.151. The molecule has 0 spiro atoms. The minimum absolute atomic E-state index is 0.151. The van der Waals surface area contributed by atoms with Gasteiger partial charge >= 0.3 is 0 Å². The average molecular weight is 346 g/mol. The third kappa shape index (κ3) is 4.35. The third-order valence-electron chi connectivity index (χ3n) is 2.66. The molecule has 2 aromatic rings. The molecule has 112 valence electrons. The number of hydrogen-bond acceptors (Lipinski definition) is 3. The molecule has 0 saturated carbocycles. The van der Waals surface area contributed by atoms with Crippen LogP contribution in [0.25, 0.3) is 0 Å². The fraction of sp³-hybridized carbons (Fsp3) is 0.143. The molecule has 0 heterocycles. The summed E-state index contributed by atoms with van der Waals surface area (Å²) in [6, 6.07) is 10.9. The molecular formula is C14H13Cl2NO3S. The minimum Gasteiger partial charge on any atom is -0.380 e. The molecule has 0 bridgehead atoms. The number of ether oxygens (including phenoxy) is 1. The van der Waals surface area contributed by atoms with Gasteiger partial charge in [-0.05, 0) is 35.9 Å². The van der Waals surface area contributed by atoms with Gasteiger partial charge in [0.1, 0.15) is 0 Å². The molecule has 2 aromatic carbocycles. The fourth-order valence-electron chi connectivity index (χ4n) is 1.76. The summed E-state index contributed by atoms with van der Waals surface area (Å²) in [6.45, 7) is 0.428. The van der Waals surface area contributed by atoms with Crippen LogP contribution >= 0.6 is 23.2 Å². The van der Waals surface area contributed by atoms with E-state index in [0.717, 1.165) is 5.56 Å². The van der Waals surface area contributed by atoms with E-state index in [-0.39, 0.29) is 4.90 Å². The molecule has 0 unspecified atom stereocenters. The van der Waals surface area contributed by atoms with E-state index in [1.807, 2.05) is 0 Å². The average Bonchev–Trinajstić information content (AvgIpc) is 2.38. The quantitative estimate of drug-likeness (QED) is 0.892. The van der Waals surface area contributed by atoms with Crippen LogP contribution in [0, 0.1) is 0 Å². The van der Waals surface area contributed by atoms with Gasteiger partial charge < -0.3 is 4.74 Å². The second-order valence-electron chi connectivity index (χ2n) is 4.34. The van der Waals surface area contributed by atoms with Crippen LogP contribution in [-0.4, -0.2) is 15.5 Å². The van der Waals surface area contributed by atoms with E-state index < -0.39 is 10.0 Å². The lowest BCUT2D eigenvalue weighted by molar-refractivity contribution is 0.185. The Balaban J connectivity index is 2.25. The van der Waals surface area contributed by atoms with Gasteiger partial charge in [0, 0.05) is 17.2 Å². The number of rotatable bonds is 5. The number of benzene rings is 2. The van der Waals surface area contributed by atoms with E-state index in [1.54, 1.807) is 19.2 Å². The number of halogens is 2. The van der Waals surface area contributed by atoms with E-state index in [9.17, 15) is 8.42 Å². The summed E-state index contributed by atoms with van der Waals surface area (Å²) in [5.74, 6) is 0. The number of methoxy groups -OCH3 is 1. The highest BCUT2D eigenvalue weighted by Crippen LogP contribution is 2.24. The lowest BCUT2D eigenvalue weighted by atomic mass is 10.2. The lowest BCUT2D eigenvalue weighted by Gasteiger charge is -2.09. The summed E-state index contributed by atoms with van der Waals surface area (Å²) in [6.07, 6.45) is 0.